The van der Waals surface area contributed by atoms with Crippen molar-refractivity contribution < 1.29 is 14.6 Å². The van der Waals surface area contributed by atoms with Gasteiger partial charge in [0.25, 0.3) is 0 Å². The second kappa shape index (κ2) is 3.53. The number of hydrogen-bond acceptors (Lipinski definition) is 3. The summed E-state index contributed by atoms with van der Waals surface area (Å²) in [6.07, 6.45) is 0.332. The molecule has 0 saturated heterocycles. The van der Waals surface area contributed by atoms with E-state index in [4.69, 9.17) is 10.8 Å². The molecule has 60 valence electrons. The van der Waals surface area contributed by atoms with Crippen LogP contribution in [0.4, 0.5) is 0 Å². The van der Waals surface area contributed by atoms with E-state index in [2.05, 4.69) is 4.74 Å². The summed E-state index contributed by atoms with van der Waals surface area (Å²) in [6, 6.07) is 0. The van der Waals surface area contributed by atoms with Crippen LogP contribution in [0, 0.1) is 0 Å². The molecule has 0 unspecified atom stereocenters. The predicted molar refractivity (Wildman–Crippen MR) is 36.7 cm³/mol. The number of hydrogen-bond donors (Lipinski definition) is 2. The Balaban J connectivity index is 3.75. The van der Waals surface area contributed by atoms with E-state index in [1.165, 1.54) is 14.0 Å². The fourth-order valence-electron chi connectivity index (χ4n) is 0.421. The Labute approximate surface area is 60.0 Å². The zero-order chi connectivity index (χ0) is 8.20. The molecular weight excluding hydrogens is 134 g/mol. The summed E-state index contributed by atoms with van der Waals surface area (Å²) in [7, 11) is 1.51. The molecule has 0 aliphatic rings. The van der Waals surface area contributed by atoms with Crippen LogP contribution < -0.4 is 5.73 Å². The molecule has 0 aliphatic heterocycles. The van der Waals surface area contributed by atoms with Crippen molar-refractivity contribution in [2.75, 3.05) is 13.7 Å². The lowest BCUT2D eigenvalue weighted by Gasteiger charge is -2.17. The van der Waals surface area contributed by atoms with Crippen molar-refractivity contribution in [3.63, 3.8) is 0 Å². The third-order valence-electron chi connectivity index (χ3n) is 1.31. The highest BCUT2D eigenvalue weighted by molar-refractivity contribution is 5.77. The molecule has 0 aliphatic carbocycles. The van der Waals surface area contributed by atoms with Crippen LogP contribution in [-0.4, -0.2) is 30.3 Å². The maximum Gasteiger partial charge on any atom is 0.323 e. The second-order valence-corrected chi connectivity index (χ2v) is 2.47. The molecule has 0 saturated carbocycles. The quantitative estimate of drug-likeness (QED) is 0.578. The van der Waals surface area contributed by atoms with Gasteiger partial charge in [-0.25, -0.2) is 0 Å². The first-order valence-corrected chi connectivity index (χ1v) is 3.02. The number of carbonyl (C=O) groups is 1. The van der Waals surface area contributed by atoms with E-state index in [-0.39, 0.29) is 0 Å². The number of nitrogens with two attached hydrogens (primary N) is 1. The first kappa shape index (κ1) is 9.39. The summed E-state index contributed by atoms with van der Waals surface area (Å²) >= 11 is 0. The van der Waals surface area contributed by atoms with Gasteiger partial charge >= 0.3 is 5.97 Å². The van der Waals surface area contributed by atoms with Crippen molar-refractivity contribution in [3.8, 4) is 0 Å². The van der Waals surface area contributed by atoms with Crippen molar-refractivity contribution in [2.45, 2.75) is 18.9 Å². The predicted octanol–water partition coefficient (Wildman–Crippen LogP) is -0.175. The van der Waals surface area contributed by atoms with Crippen LogP contribution in [0.2, 0.25) is 0 Å². The van der Waals surface area contributed by atoms with Crippen molar-refractivity contribution in [3.05, 3.63) is 0 Å². The molecule has 0 amide bonds. The number of methoxy groups -OCH3 is 1. The lowest BCUT2D eigenvalue weighted by molar-refractivity contribution is -0.143. The van der Waals surface area contributed by atoms with E-state index in [9.17, 15) is 4.79 Å². The molecule has 0 aromatic carbocycles. The van der Waals surface area contributed by atoms with Crippen LogP contribution in [0.5, 0.6) is 0 Å². The Bertz CT molecular complexity index is 122. The number of aliphatic carboxylic acids is 1. The van der Waals surface area contributed by atoms with Crippen molar-refractivity contribution in [1.29, 1.82) is 0 Å². The molecule has 0 aromatic rings. The van der Waals surface area contributed by atoms with Crippen LogP contribution in [0.1, 0.15) is 13.3 Å². The van der Waals surface area contributed by atoms with Crippen LogP contribution in [0.25, 0.3) is 0 Å². The number of ether oxygens (including phenoxy) is 1. The van der Waals surface area contributed by atoms with Crippen LogP contribution in [-0.2, 0) is 9.53 Å². The Hall–Kier alpha value is -0.610. The van der Waals surface area contributed by atoms with E-state index in [1.807, 2.05) is 0 Å². The summed E-state index contributed by atoms with van der Waals surface area (Å²) in [5, 5.41) is 8.49. The second-order valence-electron chi connectivity index (χ2n) is 2.47. The average Bonchev–Trinajstić information content (AvgIpc) is 1.84. The first-order valence-electron chi connectivity index (χ1n) is 3.02. The topological polar surface area (TPSA) is 72.5 Å². The van der Waals surface area contributed by atoms with Gasteiger partial charge in [0.1, 0.15) is 5.54 Å². The molecule has 0 fully saturated rings. The first-order chi connectivity index (χ1) is 4.50. The van der Waals surface area contributed by atoms with Gasteiger partial charge in [0, 0.05) is 13.7 Å². The molecule has 4 heteroatoms. The largest absolute Gasteiger partial charge is 0.480 e. The smallest absolute Gasteiger partial charge is 0.323 e. The maximum absolute atomic E-state index is 10.3. The zero-order valence-electron chi connectivity index (χ0n) is 6.26. The summed E-state index contributed by atoms with van der Waals surface area (Å²) in [5.74, 6) is -0.996. The van der Waals surface area contributed by atoms with Gasteiger partial charge in [-0.1, -0.05) is 0 Å². The summed E-state index contributed by atoms with van der Waals surface area (Å²) < 4.78 is 4.68. The van der Waals surface area contributed by atoms with E-state index >= 15 is 0 Å². The molecule has 0 heterocycles. The number of carboxylic acid groups (broad SMARTS) is 1. The van der Waals surface area contributed by atoms with E-state index < -0.39 is 11.5 Å². The molecule has 0 aromatic heterocycles. The van der Waals surface area contributed by atoms with Crippen molar-refractivity contribution >= 4 is 5.97 Å². The normalized spacial score (nSPS) is 16.3. The molecule has 0 bridgehead atoms. The van der Waals surface area contributed by atoms with E-state index in [1.54, 1.807) is 0 Å². The Morgan fingerprint density at radius 3 is 2.60 bits per heavy atom. The number of rotatable bonds is 4. The minimum absolute atomic E-state index is 0.332. The van der Waals surface area contributed by atoms with Crippen LogP contribution in [0.3, 0.4) is 0 Å². The molecule has 0 radical (unpaired) electrons. The molecular formula is C6H13NO3. The number of carboxylic acids is 1. The van der Waals surface area contributed by atoms with Gasteiger partial charge in [-0.2, -0.15) is 0 Å². The van der Waals surface area contributed by atoms with Crippen molar-refractivity contribution in [2.24, 2.45) is 5.73 Å². The fraction of sp³-hybridized carbons (Fsp3) is 0.833. The Morgan fingerprint density at radius 2 is 2.30 bits per heavy atom. The van der Waals surface area contributed by atoms with Gasteiger partial charge in [0.05, 0.1) is 0 Å². The summed E-state index contributed by atoms with van der Waals surface area (Å²) in [5.41, 5.74) is 4.21. The van der Waals surface area contributed by atoms with Crippen molar-refractivity contribution in [1.82, 2.24) is 0 Å². The fourth-order valence-corrected chi connectivity index (χ4v) is 0.421. The lowest BCUT2D eigenvalue weighted by atomic mass is 10.0. The summed E-state index contributed by atoms with van der Waals surface area (Å²) in [4.78, 5) is 10.3. The lowest BCUT2D eigenvalue weighted by Crippen LogP contribution is -2.45. The zero-order valence-corrected chi connectivity index (χ0v) is 6.26. The third kappa shape index (κ3) is 2.80. The van der Waals surface area contributed by atoms with Gasteiger partial charge in [0.2, 0.25) is 0 Å². The van der Waals surface area contributed by atoms with E-state index in [0.29, 0.717) is 13.0 Å². The Kier molecular flexibility index (Phi) is 3.32. The van der Waals surface area contributed by atoms with Gasteiger partial charge in [-0.05, 0) is 13.3 Å². The van der Waals surface area contributed by atoms with Crippen LogP contribution in [0.15, 0.2) is 0 Å². The molecule has 0 rings (SSSR count). The Morgan fingerprint density at radius 1 is 1.80 bits per heavy atom. The molecule has 3 N–H and O–H groups in total. The third-order valence-corrected chi connectivity index (χ3v) is 1.31. The minimum Gasteiger partial charge on any atom is -0.480 e. The average molecular weight is 147 g/mol. The van der Waals surface area contributed by atoms with Gasteiger partial charge < -0.3 is 15.6 Å². The summed E-state index contributed by atoms with van der Waals surface area (Å²) in [6.45, 7) is 1.84. The standard InChI is InChI=1S/C6H13NO3/c1-6(7,5(8)9)3-4-10-2/h3-4,7H2,1-2H3,(H,8,9)/t6-/m0/s1. The van der Waals surface area contributed by atoms with Gasteiger partial charge in [-0.3, -0.25) is 4.79 Å². The molecule has 10 heavy (non-hydrogen) atoms. The molecule has 1 atom stereocenters. The highest BCUT2D eigenvalue weighted by Gasteiger charge is 2.26. The molecule has 0 spiro atoms. The van der Waals surface area contributed by atoms with Crippen LogP contribution >= 0.6 is 0 Å². The highest BCUT2D eigenvalue weighted by Crippen LogP contribution is 2.04. The van der Waals surface area contributed by atoms with Gasteiger partial charge in [0.15, 0.2) is 0 Å². The SMILES string of the molecule is COCC[C@](C)(N)C(=O)O. The molecule has 4 nitrogen and oxygen atoms in total. The van der Waals surface area contributed by atoms with Gasteiger partial charge in [-0.15, -0.1) is 0 Å². The monoisotopic (exact) mass is 147 g/mol. The highest BCUT2D eigenvalue weighted by atomic mass is 16.5. The van der Waals surface area contributed by atoms with E-state index in [0.717, 1.165) is 0 Å². The maximum atomic E-state index is 10.3. The minimum atomic E-state index is -1.16.